The van der Waals surface area contributed by atoms with Gasteiger partial charge in [0.2, 0.25) is 0 Å². The first kappa shape index (κ1) is 11.4. The van der Waals surface area contributed by atoms with Crippen LogP contribution in [0.1, 0.15) is 0 Å². The standard InChI is InChI=1S/C3H9Si.2ClH.Mg/c1-4(2)3;;;/h1-3H3;2*1H;/q;;;+2/p-2. The fourth-order valence-corrected chi connectivity index (χ4v) is 0. The van der Waals surface area contributed by atoms with Crippen molar-refractivity contribution in [2.24, 2.45) is 0 Å². The second-order valence-corrected chi connectivity index (χ2v) is 7.23. The van der Waals surface area contributed by atoms with Crippen LogP contribution in [-0.2, 0) is 0 Å². The summed E-state index contributed by atoms with van der Waals surface area (Å²) >= 11 is -0.639. The Kier molecular flexibility index (Phi) is 17.1. The van der Waals surface area contributed by atoms with Crippen LogP contribution in [0, 0.1) is 0 Å². The van der Waals surface area contributed by atoms with Gasteiger partial charge >= 0.3 is 18.2 Å². The van der Waals surface area contributed by atoms with Crippen molar-refractivity contribution >= 4 is 45.1 Å². The van der Waals surface area contributed by atoms with Crippen LogP contribution < -0.4 is 0 Å². The molecule has 0 aromatic rings. The second kappa shape index (κ2) is 10.5. The van der Waals surface area contributed by atoms with Crippen molar-refractivity contribution in [2.75, 3.05) is 0 Å². The van der Waals surface area contributed by atoms with Crippen molar-refractivity contribution in [2.45, 2.75) is 19.6 Å². The molecule has 0 heterocycles. The largest absolute Gasteiger partial charge is 0.618 e. The number of hydrogen-bond acceptors (Lipinski definition) is 0. The van der Waals surface area contributed by atoms with Gasteiger partial charge in [0.15, 0.2) is 0 Å². The third kappa shape index (κ3) is 95.8. The average Bonchev–Trinajstić information content (AvgIpc) is 1.33. The molecular weight excluding hydrogens is 159 g/mol. The first-order valence-corrected chi connectivity index (χ1v) is 9.31. The lowest BCUT2D eigenvalue weighted by Gasteiger charge is -1.75. The fourth-order valence-electron chi connectivity index (χ4n) is 0. The van der Waals surface area contributed by atoms with E-state index in [1.165, 1.54) is 0 Å². The summed E-state index contributed by atoms with van der Waals surface area (Å²) in [7, 11) is 9.93. The Bertz CT molecular complexity index is 24.1. The minimum absolute atomic E-state index is 0.120. The van der Waals surface area contributed by atoms with Gasteiger partial charge in [0, 0.05) is 8.80 Å². The van der Waals surface area contributed by atoms with Gasteiger partial charge in [-0.2, -0.15) is 0 Å². The third-order valence-corrected chi connectivity index (χ3v) is 0. The quantitative estimate of drug-likeness (QED) is 0.487. The van der Waals surface area contributed by atoms with Gasteiger partial charge in [-0.25, -0.2) is 0 Å². The minimum atomic E-state index is -0.639. The SMILES string of the molecule is C[Si](C)C.[Cl][Mg][Cl]. The van der Waals surface area contributed by atoms with Crippen LogP contribution in [0.5, 0.6) is 0 Å². The Hall–Kier alpha value is 1.56. The van der Waals surface area contributed by atoms with E-state index in [0.717, 1.165) is 0 Å². The van der Waals surface area contributed by atoms with E-state index in [1.54, 1.807) is 0 Å². The highest BCUT2D eigenvalue weighted by molar-refractivity contribution is 7.22. The molecule has 0 saturated carbocycles. The topological polar surface area (TPSA) is 0 Å². The van der Waals surface area contributed by atoms with Crippen molar-refractivity contribution in [1.29, 1.82) is 0 Å². The summed E-state index contributed by atoms with van der Waals surface area (Å²) in [5, 5.41) is 0. The van der Waals surface area contributed by atoms with Crippen LogP contribution in [0.15, 0.2) is 0 Å². The Morgan fingerprint density at radius 2 is 1.14 bits per heavy atom. The first-order chi connectivity index (χ1) is 3.15. The minimum Gasteiger partial charge on any atom is -0.309 e. The van der Waals surface area contributed by atoms with Crippen LogP contribution >= 0.6 is 18.1 Å². The normalized spacial score (nSPS) is 6.57. The van der Waals surface area contributed by atoms with Crippen molar-refractivity contribution < 1.29 is 0 Å². The highest BCUT2D eigenvalue weighted by Gasteiger charge is 1.72. The zero-order valence-corrected chi connectivity index (χ0v) is 8.89. The van der Waals surface area contributed by atoms with Crippen molar-refractivity contribution in [3.8, 4) is 0 Å². The molecule has 0 nitrogen and oxygen atoms in total. The Labute approximate surface area is 64.5 Å². The zero-order valence-electron chi connectivity index (χ0n) is 4.96. The third-order valence-electron chi connectivity index (χ3n) is 0. The molecule has 0 saturated heterocycles. The lowest BCUT2D eigenvalue weighted by Crippen LogP contribution is -1.84. The van der Waals surface area contributed by atoms with Gasteiger partial charge in [0.05, 0.1) is 0 Å². The second-order valence-electron chi connectivity index (χ2n) is 1.60. The Balaban J connectivity index is 0. The van der Waals surface area contributed by atoms with E-state index in [-0.39, 0.29) is 8.80 Å². The van der Waals surface area contributed by atoms with Gasteiger partial charge in [-0.05, 0) is 0 Å². The fraction of sp³-hybridized carbons (Fsp3) is 1.00. The molecule has 0 bridgehead atoms. The molecule has 0 aromatic heterocycles. The van der Waals surface area contributed by atoms with Crippen molar-refractivity contribution in [1.82, 2.24) is 0 Å². The number of rotatable bonds is 0. The average molecular weight is 168 g/mol. The van der Waals surface area contributed by atoms with E-state index in [9.17, 15) is 0 Å². The molecule has 0 atom stereocenters. The van der Waals surface area contributed by atoms with E-state index in [0.29, 0.717) is 0 Å². The zero-order chi connectivity index (χ0) is 6.28. The number of hydrogen-bond donors (Lipinski definition) is 0. The van der Waals surface area contributed by atoms with E-state index in [2.05, 4.69) is 19.6 Å². The molecule has 0 unspecified atom stereocenters. The van der Waals surface area contributed by atoms with Gasteiger partial charge in [0.25, 0.3) is 0 Å². The summed E-state index contributed by atoms with van der Waals surface area (Å²) in [5.41, 5.74) is 0. The molecule has 7 heavy (non-hydrogen) atoms. The summed E-state index contributed by atoms with van der Waals surface area (Å²) < 4.78 is 0. The van der Waals surface area contributed by atoms with E-state index in [1.807, 2.05) is 0 Å². The van der Waals surface area contributed by atoms with Crippen LogP contribution in [0.25, 0.3) is 0 Å². The monoisotopic (exact) mass is 167 g/mol. The lowest BCUT2D eigenvalue weighted by atomic mass is 11.8. The first-order valence-electron chi connectivity index (χ1n) is 2.03. The van der Waals surface area contributed by atoms with E-state index < -0.39 is 18.2 Å². The highest BCUT2D eigenvalue weighted by atomic mass is 35.6. The molecule has 1 radical (unpaired) electrons. The van der Waals surface area contributed by atoms with E-state index in [4.69, 9.17) is 18.1 Å². The van der Waals surface area contributed by atoms with Gasteiger partial charge < -0.3 is 18.1 Å². The highest BCUT2D eigenvalue weighted by Crippen LogP contribution is 1.68. The molecule has 41 valence electrons. The molecular formula is C3H9Cl2MgSi. The van der Waals surface area contributed by atoms with E-state index >= 15 is 0 Å². The molecule has 4 heteroatoms. The number of halogens is 2. The van der Waals surface area contributed by atoms with Gasteiger partial charge in [-0.15, -0.1) is 0 Å². The molecule has 0 rings (SSSR count). The molecule has 0 aromatic carbocycles. The van der Waals surface area contributed by atoms with Crippen LogP contribution in [0.2, 0.25) is 19.6 Å². The summed E-state index contributed by atoms with van der Waals surface area (Å²) in [6.45, 7) is 6.81. The summed E-state index contributed by atoms with van der Waals surface area (Å²) in [5.74, 6) is 0. The molecule has 0 amide bonds. The summed E-state index contributed by atoms with van der Waals surface area (Å²) in [4.78, 5) is 0. The van der Waals surface area contributed by atoms with Crippen LogP contribution in [0.4, 0.5) is 0 Å². The van der Waals surface area contributed by atoms with Crippen LogP contribution in [0.3, 0.4) is 0 Å². The lowest BCUT2D eigenvalue weighted by molar-refractivity contribution is 1.91. The molecule has 0 aliphatic carbocycles. The van der Waals surface area contributed by atoms with Crippen molar-refractivity contribution in [3.63, 3.8) is 0 Å². The van der Waals surface area contributed by atoms with Gasteiger partial charge in [-0.1, -0.05) is 19.6 Å². The predicted octanol–water partition coefficient (Wildman–Crippen LogP) is 2.37. The summed E-state index contributed by atoms with van der Waals surface area (Å²) in [6.07, 6.45) is 0. The van der Waals surface area contributed by atoms with Crippen molar-refractivity contribution in [3.05, 3.63) is 0 Å². The van der Waals surface area contributed by atoms with Gasteiger partial charge in [0.1, 0.15) is 0 Å². The predicted molar refractivity (Wildman–Crippen MR) is 40.8 cm³/mol. The smallest absolute Gasteiger partial charge is 0.309 e. The van der Waals surface area contributed by atoms with Gasteiger partial charge in [-0.3, -0.25) is 0 Å². The summed E-state index contributed by atoms with van der Waals surface area (Å²) in [6, 6.07) is 0. The molecule has 0 spiro atoms. The maximum Gasteiger partial charge on any atom is 0.618 e. The Morgan fingerprint density at radius 1 is 1.14 bits per heavy atom. The molecule has 0 fully saturated rings. The van der Waals surface area contributed by atoms with Crippen LogP contribution in [-0.4, -0.2) is 27.0 Å². The maximum absolute atomic E-state index is 4.90. The molecule has 0 aliphatic rings. The molecule has 0 aliphatic heterocycles. The molecule has 0 N–H and O–H groups in total. The Morgan fingerprint density at radius 3 is 1.14 bits per heavy atom. The maximum atomic E-state index is 4.90.